The van der Waals surface area contributed by atoms with E-state index in [1.54, 1.807) is 12.1 Å². The Morgan fingerprint density at radius 3 is 2.46 bits per heavy atom. The Kier molecular flexibility index (Phi) is 7.17. The molecule has 2 aromatic carbocycles. The van der Waals surface area contributed by atoms with Gasteiger partial charge in [0.1, 0.15) is 12.4 Å². The molecular weight excluding hydrogens is 352 g/mol. The molecular formula is C19H24N2O4S. The zero-order valence-electron chi connectivity index (χ0n) is 15.0. The van der Waals surface area contributed by atoms with Gasteiger partial charge in [-0.3, -0.25) is 4.79 Å². The maximum atomic E-state index is 12.1. The highest BCUT2D eigenvalue weighted by Crippen LogP contribution is 2.11. The predicted octanol–water partition coefficient (Wildman–Crippen LogP) is 1.90. The van der Waals surface area contributed by atoms with E-state index in [-0.39, 0.29) is 5.91 Å². The fourth-order valence-corrected chi connectivity index (χ4v) is 2.82. The van der Waals surface area contributed by atoms with E-state index < -0.39 is 10.0 Å². The second-order valence-corrected chi connectivity index (χ2v) is 7.87. The number of rotatable bonds is 9. The summed E-state index contributed by atoms with van der Waals surface area (Å²) in [7, 11) is -3.18. The lowest BCUT2D eigenvalue weighted by atomic mass is 10.1. The van der Waals surface area contributed by atoms with Crippen molar-refractivity contribution in [2.45, 2.75) is 13.3 Å². The highest BCUT2D eigenvalue weighted by Gasteiger charge is 2.06. The number of hydrogen-bond acceptors (Lipinski definition) is 4. The molecule has 0 saturated heterocycles. The van der Waals surface area contributed by atoms with Crippen LogP contribution < -0.4 is 14.8 Å². The van der Waals surface area contributed by atoms with Gasteiger partial charge in [0.15, 0.2) is 0 Å². The summed E-state index contributed by atoms with van der Waals surface area (Å²) in [4.78, 5) is 12.1. The molecule has 0 heterocycles. The van der Waals surface area contributed by atoms with Gasteiger partial charge in [-0.05, 0) is 48.7 Å². The van der Waals surface area contributed by atoms with Crippen molar-refractivity contribution in [2.24, 2.45) is 0 Å². The summed E-state index contributed by atoms with van der Waals surface area (Å²) < 4.78 is 30.1. The van der Waals surface area contributed by atoms with Gasteiger partial charge in [0.2, 0.25) is 10.0 Å². The zero-order valence-corrected chi connectivity index (χ0v) is 15.8. The predicted molar refractivity (Wildman–Crippen MR) is 102 cm³/mol. The van der Waals surface area contributed by atoms with E-state index in [9.17, 15) is 13.2 Å². The van der Waals surface area contributed by atoms with Crippen LogP contribution in [0.2, 0.25) is 0 Å². The summed E-state index contributed by atoms with van der Waals surface area (Å²) >= 11 is 0. The number of benzene rings is 2. The molecule has 0 saturated carbocycles. The van der Waals surface area contributed by atoms with Crippen molar-refractivity contribution < 1.29 is 17.9 Å². The zero-order chi connectivity index (χ0) is 19.0. The SMILES string of the molecule is Cc1cccc(OCCNC(=O)c2ccc(CCNS(C)(=O)=O)cc2)c1. The summed E-state index contributed by atoms with van der Waals surface area (Å²) in [6.07, 6.45) is 1.70. The number of amides is 1. The minimum absolute atomic E-state index is 0.168. The van der Waals surface area contributed by atoms with E-state index >= 15 is 0 Å². The van der Waals surface area contributed by atoms with Crippen LogP contribution >= 0.6 is 0 Å². The molecule has 2 rings (SSSR count). The summed E-state index contributed by atoms with van der Waals surface area (Å²) in [5.74, 6) is 0.616. The van der Waals surface area contributed by atoms with Crippen LogP contribution in [0.1, 0.15) is 21.5 Å². The third-order valence-electron chi connectivity index (χ3n) is 3.64. The van der Waals surface area contributed by atoms with Gasteiger partial charge in [-0.2, -0.15) is 0 Å². The van der Waals surface area contributed by atoms with Crippen molar-refractivity contribution in [1.82, 2.24) is 10.0 Å². The van der Waals surface area contributed by atoms with E-state index in [0.29, 0.717) is 31.7 Å². The molecule has 0 aliphatic heterocycles. The molecule has 0 radical (unpaired) electrons. The largest absolute Gasteiger partial charge is 0.492 e. The lowest BCUT2D eigenvalue weighted by Crippen LogP contribution is -2.28. The van der Waals surface area contributed by atoms with Gasteiger partial charge in [-0.15, -0.1) is 0 Å². The molecule has 0 atom stereocenters. The quantitative estimate of drug-likeness (QED) is 0.655. The standard InChI is InChI=1S/C19H24N2O4S/c1-15-4-3-5-18(14-15)25-13-12-20-19(22)17-8-6-16(7-9-17)10-11-21-26(2,23)24/h3-9,14,21H,10-13H2,1-2H3,(H,20,22). The Hall–Kier alpha value is -2.38. The number of carbonyl (C=O) groups excluding carboxylic acids is 1. The van der Waals surface area contributed by atoms with Crippen molar-refractivity contribution in [1.29, 1.82) is 0 Å². The molecule has 0 aliphatic carbocycles. The lowest BCUT2D eigenvalue weighted by Gasteiger charge is -2.09. The Morgan fingerprint density at radius 1 is 1.08 bits per heavy atom. The average molecular weight is 376 g/mol. The van der Waals surface area contributed by atoms with E-state index in [1.807, 2.05) is 43.3 Å². The van der Waals surface area contributed by atoms with Gasteiger partial charge < -0.3 is 10.1 Å². The minimum Gasteiger partial charge on any atom is -0.492 e. The molecule has 0 aromatic heterocycles. The first-order valence-electron chi connectivity index (χ1n) is 8.35. The molecule has 2 aromatic rings. The van der Waals surface area contributed by atoms with Crippen LogP contribution in [-0.4, -0.2) is 40.3 Å². The van der Waals surface area contributed by atoms with Gasteiger partial charge in [0.05, 0.1) is 12.8 Å². The molecule has 0 fully saturated rings. The van der Waals surface area contributed by atoms with Gasteiger partial charge in [0, 0.05) is 12.1 Å². The molecule has 0 spiro atoms. The van der Waals surface area contributed by atoms with Crippen molar-refractivity contribution in [3.63, 3.8) is 0 Å². The molecule has 0 unspecified atom stereocenters. The molecule has 0 bridgehead atoms. The minimum atomic E-state index is -3.18. The second kappa shape index (κ2) is 9.35. The number of carbonyl (C=O) groups is 1. The highest BCUT2D eigenvalue weighted by molar-refractivity contribution is 7.88. The van der Waals surface area contributed by atoms with Crippen LogP contribution in [0.3, 0.4) is 0 Å². The van der Waals surface area contributed by atoms with Crippen molar-refractivity contribution in [3.05, 3.63) is 65.2 Å². The molecule has 2 N–H and O–H groups in total. The van der Waals surface area contributed by atoms with Crippen LogP contribution in [-0.2, 0) is 16.4 Å². The molecule has 7 heteroatoms. The molecule has 26 heavy (non-hydrogen) atoms. The Bertz CT molecular complexity index is 833. The third-order valence-corrected chi connectivity index (χ3v) is 4.37. The van der Waals surface area contributed by atoms with Crippen LogP contribution in [0.5, 0.6) is 5.75 Å². The van der Waals surface area contributed by atoms with E-state index in [2.05, 4.69) is 10.0 Å². The summed E-state index contributed by atoms with van der Waals surface area (Å²) in [5.41, 5.74) is 2.64. The number of ether oxygens (including phenoxy) is 1. The van der Waals surface area contributed by atoms with Gasteiger partial charge in [-0.25, -0.2) is 13.1 Å². The smallest absolute Gasteiger partial charge is 0.251 e. The lowest BCUT2D eigenvalue weighted by molar-refractivity contribution is 0.0947. The Labute approximate surface area is 154 Å². The van der Waals surface area contributed by atoms with Crippen molar-refractivity contribution in [3.8, 4) is 5.75 Å². The molecule has 6 nitrogen and oxygen atoms in total. The van der Waals surface area contributed by atoms with Crippen molar-refractivity contribution >= 4 is 15.9 Å². The number of sulfonamides is 1. The Balaban J connectivity index is 1.73. The number of aryl methyl sites for hydroxylation is 1. The van der Waals surface area contributed by atoms with E-state index in [0.717, 1.165) is 23.1 Å². The first-order chi connectivity index (χ1) is 12.3. The van der Waals surface area contributed by atoms with E-state index in [1.165, 1.54) is 0 Å². The first kappa shape index (κ1) is 19.9. The monoisotopic (exact) mass is 376 g/mol. The molecule has 140 valence electrons. The van der Waals surface area contributed by atoms with Crippen LogP contribution in [0.4, 0.5) is 0 Å². The van der Waals surface area contributed by atoms with Crippen LogP contribution in [0.15, 0.2) is 48.5 Å². The fraction of sp³-hybridized carbons (Fsp3) is 0.316. The summed E-state index contributed by atoms with van der Waals surface area (Å²) in [6, 6.07) is 14.8. The fourth-order valence-electron chi connectivity index (χ4n) is 2.34. The maximum absolute atomic E-state index is 12.1. The number of hydrogen-bond donors (Lipinski definition) is 2. The normalized spacial score (nSPS) is 11.2. The summed E-state index contributed by atoms with van der Waals surface area (Å²) in [5, 5.41) is 2.81. The van der Waals surface area contributed by atoms with E-state index in [4.69, 9.17) is 4.74 Å². The van der Waals surface area contributed by atoms with Gasteiger partial charge in [0.25, 0.3) is 5.91 Å². The Morgan fingerprint density at radius 2 is 1.81 bits per heavy atom. The average Bonchev–Trinajstić information content (AvgIpc) is 2.58. The first-order valence-corrected chi connectivity index (χ1v) is 10.2. The second-order valence-electron chi connectivity index (χ2n) is 6.03. The summed E-state index contributed by atoms with van der Waals surface area (Å²) in [6.45, 7) is 3.13. The molecule has 0 aliphatic rings. The van der Waals surface area contributed by atoms with Crippen LogP contribution in [0, 0.1) is 6.92 Å². The van der Waals surface area contributed by atoms with Gasteiger partial charge >= 0.3 is 0 Å². The topological polar surface area (TPSA) is 84.5 Å². The van der Waals surface area contributed by atoms with Gasteiger partial charge in [-0.1, -0.05) is 24.3 Å². The third kappa shape index (κ3) is 7.25. The van der Waals surface area contributed by atoms with Crippen molar-refractivity contribution in [2.75, 3.05) is 26.0 Å². The van der Waals surface area contributed by atoms with Crippen LogP contribution in [0.25, 0.3) is 0 Å². The maximum Gasteiger partial charge on any atom is 0.251 e. The molecule has 1 amide bonds. The highest BCUT2D eigenvalue weighted by atomic mass is 32.2. The number of nitrogens with one attached hydrogen (secondary N) is 2.